The van der Waals surface area contributed by atoms with Crippen LogP contribution in [-0.2, 0) is 9.53 Å². The first-order valence-corrected chi connectivity index (χ1v) is 8.06. The first-order chi connectivity index (χ1) is 12.6. The second-order valence-electron chi connectivity index (χ2n) is 5.10. The van der Waals surface area contributed by atoms with E-state index < -0.39 is 37.2 Å². The van der Waals surface area contributed by atoms with Crippen molar-refractivity contribution in [1.82, 2.24) is 20.8 Å². The lowest BCUT2D eigenvalue weighted by atomic mass is 10.1. The molecule has 1 aromatic carbocycles. The fourth-order valence-corrected chi connectivity index (χ4v) is 2.06. The van der Waals surface area contributed by atoms with Crippen LogP contribution in [0, 0.1) is 0 Å². The van der Waals surface area contributed by atoms with E-state index in [2.05, 4.69) is 30.9 Å². The Kier molecular flexibility index (Phi) is 6.55. The Morgan fingerprint density at radius 2 is 1.85 bits per heavy atom. The van der Waals surface area contributed by atoms with E-state index in [-0.39, 0.29) is 5.69 Å². The second kappa shape index (κ2) is 8.66. The maximum absolute atomic E-state index is 11.9. The van der Waals surface area contributed by atoms with E-state index in [9.17, 15) is 27.6 Å². The lowest BCUT2D eigenvalue weighted by Crippen LogP contribution is -2.44. The van der Waals surface area contributed by atoms with Gasteiger partial charge < -0.3 is 10.1 Å². The molecule has 12 heteroatoms. The molecule has 0 saturated heterocycles. The number of nitrogens with one attached hydrogen (secondary N) is 3. The van der Waals surface area contributed by atoms with E-state index in [1.807, 2.05) is 0 Å². The van der Waals surface area contributed by atoms with Gasteiger partial charge in [0, 0.05) is 10.0 Å². The van der Waals surface area contributed by atoms with Crippen LogP contribution >= 0.6 is 15.9 Å². The van der Waals surface area contributed by atoms with Gasteiger partial charge in [-0.15, -0.1) is 0 Å². The van der Waals surface area contributed by atoms with Crippen LogP contribution in [0.4, 0.5) is 18.0 Å². The summed E-state index contributed by atoms with van der Waals surface area (Å²) in [6.07, 6.45) is -4.61. The molecule has 0 bridgehead atoms. The zero-order valence-corrected chi connectivity index (χ0v) is 15.0. The number of ether oxygens (including phenoxy) is 1. The van der Waals surface area contributed by atoms with Crippen LogP contribution in [-0.4, -0.2) is 47.4 Å². The zero-order chi connectivity index (χ0) is 20.0. The molecular weight excluding hydrogens is 437 g/mol. The normalized spacial score (nSPS) is 11.0. The highest BCUT2D eigenvalue weighted by Crippen LogP contribution is 2.20. The summed E-state index contributed by atoms with van der Waals surface area (Å²) in [5.41, 5.74) is 1.15. The van der Waals surface area contributed by atoms with Gasteiger partial charge in [-0.1, -0.05) is 28.1 Å². The molecule has 27 heavy (non-hydrogen) atoms. The Morgan fingerprint density at radius 1 is 1.19 bits per heavy atom. The van der Waals surface area contributed by atoms with Gasteiger partial charge in [-0.25, -0.2) is 9.59 Å². The minimum atomic E-state index is -4.61. The van der Waals surface area contributed by atoms with Crippen LogP contribution in [0.25, 0.3) is 11.3 Å². The predicted molar refractivity (Wildman–Crippen MR) is 89.6 cm³/mol. The lowest BCUT2D eigenvalue weighted by Gasteiger charge is -2.09. The van der Waals surface area contributed by atoms with E-state index in [0.717, 1.165) is 10.0 Å². The van der Waals surface area contributed by atoms with Crippen LogP contribution in [0.3, 0.4) is 0 Å². The monoisotopic (exact) mass is 448 g/mol. The van der Waals surface area contributed by atoms with Crippen molar-refractivity contribution in [2.24, 2.45) is 0 Å². The third kappa shape index (κ3) is 6.73. The Labute approximate surface area is 158 Å². The van der Waals surface area contributed by atoms with E-state index in [4.69, 9.17) is 0 Å². The third-order valence-corrected chi connectivity index (χ3v) is 3.50. The zero-order valence-electron chi connectivity index (χ0n) is 13.4. The quantitative estimate of drug-likeness (QED) is 0.607. The highest BCUT2D eigenvalue weighted by Gasteiger charge is 2.28. The molecule has 0 aliphatic rings. The van der Waals surface area contributed by atoms with Gasteiger partial charge in [0.15, 0.2) is 6.61 Å². The highest BCUT2D eigenvalue weighted by molar-refractivity contribution is 9.10. The van der Waals surface area contributed by atoms with E-state index in [1.54, 1.807) is 29.6 Å². The molecule has 0 aliphatic carbocycles. The van der Waals surface area contributed by atoms with Gasteiger partial charge in [0.1, 0.15) is 12.2 Å². The van der Waals surface area contributed by atoms with Gasteiger partial charge in [-0.05, 0) is 18.2 Å². The maximum atomic E-state index is 11.9. The Hall–Kier alpha value is -2.89. The second-order valence-corrected chi connectivity index (χ2v) is 6.01. The van der Waals surface area contributed by atoms with Gasteiger partial charge >= 0.3 is 18.2 Å². The van der Waals surface area contributed by atoms with Gasteiger partial charge in [-0.2, -0.15) is 18.3 Å². The summed E-state index contributed by atoms with van der Waals surface area (Å²) >= 11 is 3.29. The van der Waals surface area contributed by atoms with Crippen molar-refractivity contribution in [2.75, 3.05) is 13.2 Å². The van der Waals surface area contributed by atoms with Crippen molar-refractivity contribution in [1.29, 1.82) is 0 Å². The molecule has 0 aliphatic heterocycles. The van der Waals surface area contributed by atoms with Crippen LogP contribution in [0.5, 0.6) is 0 Å². The summed E-state index contributed by atoms with van der Waals surface area (Å²) in [5.74, 6) is -2.01. The van der Waals surface area contributed by atoms with Crippen molar-refractivity contribution in [3.63, 3.8) is 0 Å². The molecule has 0 saturated carbocycles. The number of amides is 3. The molecule has 2 rings (SSSR count). The topological polar surface area (TPSA) is 113 Å². The average Bonchev–Trinajstić information content (AvgIpc) is 3.08. The van der Waals surface area contributed by atoms with Crippen molar-refractivity contribution in [3.05, 3.63) is 40.5 Å². The number of nitrogens with zero attached hydrogens (tertiary/aromatic N) is 1. The number of aromatic amines is 1. The Bertz CT molecular complexity index is 836. The largest absolute Gasteiger partial charge is 0.451 e. The number of aromatic nitrogens is 2. The van der Waals surface area contributed by atoms with Crippen LogP contribution < -0.4 is 10.6 Å². The number of carbonyl (C=O) groups excluding carboxylic acids is 3. The smallest absolute Gasteiger partial charge is 0.405 e. The standard InChI is InChI=1S/C15H12BrF3N4O4/c16-9-3-1-8(2-4-9)10-5-11(23-22-10)13(25)27-6-12(24)21-14(26)20-7-15(17,18)19/h1-5H,6-7H2,(H,22,23)(H2,20,21,24,26). The lowest BCUT2D eigenvalue weighted by molar-refractivity contribution is -0.125. The molecular formula is C15H12BrF3N4O4. The number of imide groups is 1. The number of urea groups is 1. The number of H-pyrrole nitrogens is 1. The third-order valence-electron chi connectivity index (χ3n) is 2.97. The average molecular weight is 449 g/mol. The molecule has 3 N–H and O–H groups in total. The molecule has 0 unspecified atom stereocenters. The molecule has 0 atom stereocenters. The van der Waals surface area contributed by atoms with Gasteiger partial charge in [-0.3, -0.25) is 15.2 Å². The van der Waals surface area contributed by atoms with E-state index in [1.165, 1.54) is 11.4 Å². The van der Waals surface area contributed by atoms with Gasteiger partial charge in [0.2, 0.25) is 0 Å². The fourth-order valence-electron chi connectivity index (χ4n) is 1.79. The number of rotatable bonds is 5. The van der Waals surface area contributed by atoms with Gasteiger partial charge in [0.05, 0.1) is 5.69 Å². The van der Waals surface area contributed by atoms with Crippen LogP contribution in [0.15, 0.2) is 34.8 Å². The minimum Gasteiger partial charge on any atom is -0.451 e. The number of hydrogen-bond donors (Lipinski definition) is 3. The van der Waals surface area contributed by atoms with Crippen molar-refractivity contribution in [2.45, 2.75) is 6.18 Å². The number of benzene rings is 1. The van der Waals surface area contributed by atoms with Crippen LogP contribution in [0.1, 0.15) is 10.5 Å². The number of alkyl halides is 3. The molecule has 1 aromatic heterocycles. The number of esters is 1. The summed E-state index contributed by atoms with van der Waals surface area (Å²) in [6, 6.07) is 7.16. The summed E-state index contributed by atoms with van der Waals surface area (Å²) in [7, 11) is 0. The van der Waals surface area contributed by atoms with Crippen molar-refractivity contribution >= 4 is 33.8 Å². The molecule has 144 valence electrons. The predicted octanol–water partition coefficient (Wildman–Crippen LogP) is 2.38. The molecule has 0 spiro atoms. The first-order valence-electron chi connectivity index (χ1n) is 7.27. The number of hydrogen-bond acceptors (Lipinski definition) is 5. The van der Waals surface area contributed by atoms with Crippen molar-refractivity contribution in [3.8, 4) is 11.3 Å². The summed E-state index contributed by atoms with van der Waals surface area (Å²) in [6.45, 7) is -2.45. The number of halogens is 4. The molecule has 8 nitrogen and oxygen atoms in total. The van der Waals surface area contributed by atoms with Crippen LogP contribution in [0.2, 0.25) is 0 Å². The maximum Gasteiger partial charge on any atom is 0.405 e. The number of carbonyl (C=O) groups is 3. The molecule has 3 amide bonds. The Morgan fingerprint density at radius 3 is 2.48 bits per heavy atom. The molecule has 0 radical (unpaired) electrons. The summed E-state index contributed by atoms with van der Waals surface area (Å²) < 4.78 is 41.3. The molecule has 0 fully saturated rings. The van der Waals surface area contributed by atoms with E-state index in [0.29, 0.717) is 5.69 Å². The van der Waals surface area contributed by atoms with E-state index >= 15 is 0 Å². The summed E-state index contributed by atoms with van der Waals surface area (Å²) in [4.78, 5) is 34.4. The van der Waals surface area contributed by atoms with Crippen molar-refractivity contribution < 1.29 is 32.3 Å². The molecule has 1 heterocycles. The fraction of sp³-hybridized carbons (Fsp3) is 0.200. The Balaban J connectivity index is 1.82. The highest BCUT2D eigenvalue weighted by atomic mass is 79.9. The van der Waals surface area contributed by atoms with Gasteiger partial charge in [0.25, 0.3) is 5.91 Å². The molecule has 2 aromatic rings. The first kappa shape index (κ1) is 20.4. The SMILES string of the molecule is O=C(COC(=O)c1cc(-c2ccc(Br)cc2)n[nH]1)NC(=O)NCC(F)(F)F. The minimum absolute atomic E-state index is 0.0396. The summed E-state index contributed by atoms with van der Waals surface area (Å²) in [5, 5.41) is 9.44.